The van der Waals surface area contributed by atoms with Crippen LogP contribution in [0.1, 0.15) is 57.9 Å². The Balaban J connectivity index is 1.43. The maximum Gasteiger partial charge on any atom is 0.243 e. The number of carbonyl (C=O) groups excluding carboxylic acids is 4. The van der Waals surface area contributed by atoms with Crippen molar-refractivity contribution >= 4 is 23.5 Å². The fourth-order valence-electron chi connectivity index (χ4n) is 5.42. The molecular formula is C31H44N4O7. The van der Waals surface area contributed by atoms with Crippen molar-refractivity contribution in [3.63, 3.8) is 0 Å². The molecule has 1 aromatic carbocycles. The summed E-state index contributed by atoms with van der Waals surface area (Å²) in [5.41, 5.74) is 1.02. The highest BCUT2D eigenvalue weighted by molar-refractivity contribution is 5.98. The Hall–Kier alpha value is -3.28. The Morgan fingerprint density at radius 2 is 1.71 bits per heavy atom. The van der Waals surface area contributed by atoms with Crippen molar-refractivity contribution in [2.75, 3.05) is 33.4 Å². The predicted octanol–water partition coefficient (Wildman–Crippen LogP) is 1.03. The third-order valence-corrected chi connectivity index (χ3v) is 8.26. The molecule has 4 rings (SSSR count). The quantitative estimate of drug-likeness (QED) is 0.187. The summed E-state index contributed by atoms with van der Waals surface area (Å²) in [6.45, 7) is 4.96. The second kappa shape index (κ2) is 14.3. The normalized spacial score (nSPS) is 22.8. The van der Waals surface area contributed by atoms with Gasteiger partial charge in [0.25, 0.3) is 0 Å². The first-order chi connectivity index (χ1) is 20.1. The van der Waals surface area contributed by atoms with Crippen LogP contribution in [-0.2, 0) is 30.3 Å². The summed E-state index contributed by atoms with van der Waals surface area (Å²) in [5.74, 6) is -0.811. The standard InChI is InChI=1S/C31H44N4O7/c1-20(32-27(37)18-35-14-12-23(36)13-15-35)29(39)34-26(17-22-8-10-24(41-3)11-9-22)30(40)33-25(16-21-6-4-5-7-21)28(38)31(2)19-42-31/h6,8-11,20,23,25-26,36H,4-5,7,12-19H2,1-3H3,(H,32,37)(H,33,40)(H,34,39). The lowest BCUT2D eigenvalue weighted by Crippen LogP contribution is -2.57. The molecule has 4 unspecified atom stereocenters. The SMILES string of the molecule is COc1ccc(CC(NC(=O)C(C)NC(=O)CN2CCC(O)CC2)C(=O)NC(CC2=CCCC2)C(=O)C2(C)CO2)cc1. The predicted molar refractivity (Wildman–Crippen MR) is 156 cm³/mol. The molecule has 4 N–H and O–H groups in total. The van der Waals surface area contributed by atoms with Crippen molar-refractivity contribution in [1.29, 1.82) is 0 Å². The number of carbonyl (C=O) groups is 4. The fourth-order valence-corrected chi connectivity index (χ4v) is 5.42. The van der Waals surface area contributed by atoms with Gasteiger partial charge in [0, 0.05) is 19.5 Å². The zero-order chi connectivity index (χ0) is 30.3. The van der Waals surface area contributed by atoms with Crippen molar-refractivity contribution in [1.82, 2.24) is 20.9 Å². The van der Waals surface area contributed by atoms with Crippen LogP contribution < -0.4 is 20.7 Å². The molecular weight excluding hydrogens is 540 g/mol. The van der Waals surface area contributed by atoms with E-state index in [0.717, 1.165) is 30.4 Å². The molecule has 0 spiro atoms. The maximum atomic E-state index is 13.7. The van der Waals surface area contributed by atoms with Gasteiger partial charge < -0.3 is 30.5 Å². The molecule has 0 saturated carbocycles. The summed E-state index contributed by atoms with van der Waals surface area (Å²) in [5, 5.41) is 18.1. The monoisotopic (exact) mass is 584 g/mol. The number of benzene rings is 1. The lowest BCUT2D eigenvalue weighted by atomic mass is 9.94. The minimum Gasteiger partial charge on any atom is -0.497 e. The van der Waals surface area contributed by atoms with E-state index < -0.39 is 35.5 Å². The van der Waals surface area contributed by atoms with Crippen molar-refractivity contribution in [2.24, 2.45) is 0 Å². The number of likely N-dealkylation sites (tertiary alicyclic amines) is 1. The lowest BCUT2D eigenvalue weighted by molar-refractivity contribution is -0.134. The van der Waals surface area contributed by atoms with Crippen molar-refractivity contribution in [2.45, 2.75) is 88.6 Å². The summed E-state index contributed by atoms with van der Waals surface area (Å²) >= 11 is 0. The van der Waals surface area contributed by atoms with E-state index in [1.54, 1.807) is 33.1 Å². The molecule has 2 aliphatic heterocycles. The molecule has 1 aromatic rings. The molecule has 2 heterocycles. The molecule has 4 atom stereocenters. The van der Waals surface area contributed by atoms with E-state index >= 15 is 0 Å². The Labute approximate surface area is 247 Å². The van der Waals surface area contributed by atoms with Crippen LogP contribution in [0, 0.1) is 0 Å². The van der Waals surface area contributed by atoms with Gasteiger partial charge >= 0.3 is 0 Å². The summed E-state index contributed by atoms with van der Waals surface area (Å²) in [4.78, 5) is 54.8. The molecule has 3 aliphatic rings. The number of epoxide rings is 1. The number of aliphatic hydroxyl groups excluding tert-OH is 1. The van der Waals surface area contributed by atoms with Crippen LogP contribution in [-0.4, -0.2) is 96.7 Å². The highest BCUT2D eigenvalue weighted by Gasteiger charge is 2.50. The number of hydrogen-bond acceptors (Lipinski definition) is 8. The van der Waals surface area contributed by atoms with Gasteiger partial charge in [-0.2, -0.15) is 0 Å². The number of hydrogen-bond donors (Lipinski definition) is 4. The Kier molecular flexibility index (Phi) is 10.7. The maximum absolute atomic E-state index is 13.7. The first kappa shape index (κ1) is 31.7. The van der Waals surface area contributed by atoms with Crippen molar-refractivity contribution in [3.05, 3.63) is 41.5 Å². The molecule has 2 fully saturated rings. The van der Waals surface area contributed by atoms with Crippen LogP contribution in [0.15, 0.2) is 35.9 Å². The number of allylic oxidation sites excluding steroid dienone is 1. The highest BCUT2D eigenvalue weighted by Crippen LogP contribution is 2.31. The Morgan fingerprint density at radius 1 is 1.05 bits per heavy atom. The van der Waals surface area contributed by atoms with Crippen LogP contribution >= 0.6 is 0 Å². The number of aliphatic hydroxyl groups is 1. The number of piperidine rings is 1. The van der Waals surface area contributed by atoms with E-state index in [1.807, 2.05) is 17.0 Å². The first-order valence-electron chi connectivity index (χ1n) is 14.9. The molecule has 230 valence electrons. The van der Waals surface area contributed by atoms with Gasteiger partial charge in [0.2, 0.25) is 17.7 Å². The number of methoxy groups -OCH3 is 1. The summed E-state index contributed by atoms with van der Waals surface area (Å²) in [6.07, 6.45) is 6.45. The second-order valence-corrected chi connectivity index (χ2v) is 11.8. The Morgan fingerprint density at radius 3 is 2.31 bits per heavy atom. The van der Waals surface area contributed by atoms with Crippen LogP contribution in [0.25, 0.3) is 0 Å². The molecule has 11 nitrogen and oxygen atoms in total. The number of ether oxygens (including phenoxy) is 2. The van der Waals surface area contributed by atoms with Gasteiger partial charge in [-0.1, -0.05) is 23.8 Å². The molecule has 0 aromatic heterocycles. The summed E-state index contributed by atoms with van der Waals surface area (Å²) in [6, 6.07) is 4.53. The molecule has 42 heavy (non-hydrogen) atoms. The van der Waals surface area contributed by atoms with Crippen molar-refractivity contribution < 1.29 is 33.8 Å². The van der Waals surface area contributed by atoms with Gasteiger partial charge in [-0.3, -0.25) is 24.1 Å². The number of nitrogens with zero attached hydrogens (tertiary/aromatic N) is 1. The molecule has 0 radical (unpaired) electrons. The average Bonchev–Trinajstić information content (AvgIpc) is 3.51. The number of nitrogens with one attached hydrogen (secondary N) is 3. The number of Topliss-reactive ketones (excluding diaryl/α,β-unsaturated/α-hetero) is 1. The topological polar surface area (TPSA) is 150 Å². The van der Waals surface area contributed by atoms with Gasteiger partial charge in [-0.15, -0.1) is 0 Å². The van der Waals surface area contributed by atoms with E-state index in [0.29, 0.717) is 44.7 Å². The minimum atomic E-state index is -0.991. The van der Waals surface area contributed by atoms with Gasteiger partial charge in [0.1, 0.15) is 23.4 Å². The van der Waals surface area contributed by atoms with E-state index in [4.69, 9.17) is 9.47 Å². The minimum absolute atomic E-state index is 0.126. The van der Waals surface area contributed by atoms with Crippen molar-refractivity contribution in [3.8, 4) is 5.75 Å². The summed E-state index contributed by atoms with van der Waals surface area (Å²) in [7, 11) is 1.57. The van der Waals surface area contributed by atoms with E-state index in [9.17, 15) is 24.3 Å². The van der Waals surface area contributed by atoms with E-state index in [-0.39, 0.29) is 30.8 Å². The summed E-state index contributed by atoms with van der Waals surface area (Å²) < 4.78 is 10.6. The van der Waals surface area contributed by atoms with Crippen LogP contribution in [0.4, 0.5) is 0 Å². The largest absolute Gasteiger partial charge is 0.497 e. The first-order valence-corrected chi connectivity index (χ1v) is 14.9. The van der Waals surface area contributed by atoms with Crippen LogP contribution in [0.3, 0.4) is 0 Å². The molecule has 11 heteroatoms. The van der Waals surface area contributed by atoms with Gasteiger partial charge in [-0.25, -0.2) is 0 Å². The smallest absolute Gasteiger partial charge is 0.243 e. The molecule has 2 saturated heterocycles. The lowest BCUT2D eigenvalue weighted by Gasteiger charge is -2.29. The van der Waals surface area contributed by atoms with Gasteiger partial charge in [0.05, 0.1) is 32.4 Å². The zero-order valence-corrected chi connectivity index (χ0v) is 24.8. The third-order valence-electron chi connectivity index (χ3n) is 8.26. The van der Waals surface area contributed by atoms with E-state index in [2.05, 4.69) is 22.0 Å². The number of ketones is 1. The molecule has 0 bridgehead atoms. The molecule has 1 aliphatic carbocycles. The Bertz CT molecular complexity index is 1160. The number of rotatable bonds is 14. The number of amides is 3. The third kappa shape index (κ3) is 8.86. The zero-order valence-electron chi connectivity index (χ0n) is 24.8. The van der Waals surface area contributed by atoms with Gasteiger partial charge in [-0.05, 0) is 70.1 Å². The van der Waals surface area contributed by atoms with Gasteiger partial charge in [0.15, 0.2) is 5.78 Å². The fraction of sp³-hybridized carbons (Fsp3) is 0.613. The average molecular weight is 585 g/mol. The second-order valence-electron chi connectivity index (χ2n) is 11.8. The highest BCUT2D eigenvalue weighted by atomic mass is 16.6. The van der Waals surface area contributed by atoms with E-state index in [1.165, 1.54) is 0 Å². The molecule has 3 amide bonds. The van der Waals surface area contributed by atoms with Crippen LogP contribution in [0.5, 0.6) is 5.75 Å². The van der Waals surface area contributed by atoms with Crippen LogP contribution in [0.2, 0.25) is 0 Å².